The van der Waals surface area contributed by atoms with Crippen LogP contribution in [0.3, 0.4) is 0 Å². The molecule has 0 radical (unpaired) electrons. The highest BCUT2D eigenvalue weighted by atomic mass is 16.5. The SMILES string of the molecule is COCCC1(CNC(C)C)CC1. The Morgan fingerprint density at radius 3 is 2.50 bits per heavy atom. The zero-order valence-electron chi connectivity index (χ0n) is 8.52. The molecule has 12 heavy (non-hydrogen) atoms. The van der Waals surface area contributed by atoms with Crippen molar-refractivity contribution in [1.82, 2.24) is 5.32 Å². The van der Waals surface area contributed by atoms with E-state index in [4.69, 9.17) is 4.74 Å². The van der Waals surface area contributed by atoms with E-state index in [9.17, 15) is 0 Å². The topological polar surface area (TPSA) is 21.3 Å². The van der Waals surface area contributed by atoms with Crippen molar-refractivity contribution in [3.63, 3.8) is 0 Å². The fourth-order valence-electron chi connectivity index (χ4n) is 1.43. The van der Waals surface area contributed by atoms with Crippen LogP contribution < -0.4 is 5.32 Å². The minimum atomic E-state index is 0.598. The number of ether oxygens (including phenoxy) is 1. The van der Waals surface area contributed by atoms with E-state index in [2.05, 4.69) is 19.2 Å². The van der Waals surface area contributed by atoms with E-state index in [-0.39, 0.29) is 0 Å². The van der Waals surface area contributed by atoms with Crippen molar-refractivity contribution in [2.24, 2.45) is 5.41 Å². The molecule has 0 unspecified atom stereocenters. The molecule has 2 nitrogen and oxygen atoms in total. The summed E-state index contributed by atoms with van der Waals surface area (Å²) in [6.07, 6.45) is 4.00. The standard InChI is InChI=1S/C10H21NO/c1-9(2)11-8-10(4-5-10)6-7-12-3/h9,11H,4-8H2,1-3H3. The van der Waals surface area contributed by atoms with Crippen molar-refractivity contribution in [3.8, 4) is 0 Å². The lowest BCUT2D eigenvalue weighted by Crippen LogP contribution is -2.30. The first kappa shape index (κ1) is 10.0. The molecule has 1 N–H and O–H groups in total. The van der Waals surface area contributed by atoms with Crippen molar-refractivity contribution in [2.45, 2.75) is 39.2 Å². The second-order valence-corrected chi connectivity index (χ2v) is 4.28. The third kappa shape index (κ3) is 3.11. The van der Waals surface area contributed by atoms with E-state index in [0.717, 1.165) is 6.61 Å². The molecule has 0 saturated heterocycles. The van der Waals surface area contributed by atoms with Gasteiger partial charge in [-0.15, -0.1) is 0 Å². The van der Waals surface area contributed by atoms with E-state index in [0.29, 0.717) is 11.5 Å². The molecule has 0 atom stereocenters. The Morgan fingerprint density at radius 2 is 2.08 bits per heavy atom. The third-order valence-electron chi connectivity index (χ3n) is 2.68. The van der Waals surface area contributed by atoms with Crippen LogP contribution in [0.25, 0.3) is 0 Å². The Bertz CT molecular complexity index is 130. The van der Waals surface area contributed by atoms with Crippen molar-refractivity contribution in [1.29, 1.82) is 0 Å². The van der Waals surface area contributed by atoms with Crippen molar-refractivity contribution in [3.05, 3.63) is 0 Å². The van der Waals surface area contributed by atoms with Crippen LogP contribution in [-0.2, 0) is 4.74 Å². The number of nitrogens with one attached hydrogen (secondary N) is 1. The van der Waals surface area contributed by atoms with Crippen molar-refractivity contribution in [2.75, 3.05) is 20.3 Å². The minimum Gasteiger partial charge on any atom is -0.385 e. The van der Waals surface area contributed by atoms with Gasteiger partial charge in [-0.2, -0.15) is 0 Å². The lowest BCUT2D eigenvalue weighted by atomic mass is 10.0. The van der Waals surface area contributed by atoms with Gasteiger partial charge < -0.3 is 10.1 Å². The van der Waals surface area contributed by atoms with Gasteiger partial charge in [0.2, 0.25) is 0 Å². The van der Waals surface area contributed by atoms with Crippen molar-refractivity contribution >= 4 is 0 Å². The van der Waals surface area contributed by atoms with Crippen molar-refractivity contribution < 1.29 is 4.74 Å². The molecule has 1 rings (SSSR count). The van der Waals surface area contributed by atoms with Crippen LogP contribution in [0, 0.1) is 5.41 Å². The number of hydrogen-bond acceptors (Lipinski definition) is 2. The highest BCUT2D eigenvalue weighted by Crippen LogP contribution is 2.48. The Hall–Kier alpha value is -0.0800. The van der Waals surface area contributed by atoms with Crippen LogP contribution in [0.15, 0.2) is 0 Å². The van der Waals surface area contributed by atoms with Gasteiger partial charge >= 0.3 is 0 Å². The van der Waals surface area contributed by atoms with Crippen LogP contribution >= 0.6 is 0 Å². The summed E-state index contributed by atoms with van der Waals surface area (Å²) >= 11 is 0. The summed E-state index contributed by atoms with van der Waals surface area (Å²) in [5, 5.41) is 3.50. The predicted molar refractivity (Wildman–Crippen MR) is 51.3 cm³/mol. The summed E-state index contributed by atoms with van der Waals surface area (Å²) in [5.74, 6) is 0. The monoisotopic (exact) mass is 171 g/mol. The lowest BCUT2D eigenvalue weighted by molar-refractivity contribution is 0.170. The Morgan fingerprint density at radius 1 is 1.42 bits per heavy atom. The molecule has 0 spiro atoms. The molecule has 0 aromatic heterocycles. The second kappa shape index (κ2) is 4.24. The van der Waals surface area contributed by atoms with Gasteiger partial charge in [0.05, 0.1) is 0 Å². The van der Waals surface area contributed by atoms with Gasteiger partial charge in [0.25, 0.3) is 0 Å². The van der Waals surface area contributed by atoms with Gasteiger partial charge in [0.15, 0.2) is 0 Å². The molecule has 0 aliphatic heterocycles. The van der Waals surface area contributed by atoms with E-state index in [1.54, 1.807) is 7.11 Å². The Labute approximate surface area is 75.7 Å². The van der Waals surface area contributed by atoms with Crippen LogP contribution in [0.2, 0.25) is 0 Å². The molecule has 1 saturated carbocycles. The fourth-order valence-corrected chi connectivity index (χ4v) is 1.43. The molecule has 0 amide bonds. The zero-order valence-corrected chi connectivity index (χ0v) is 8.52. The highest BCUT2D eigenvalue weighted by molar-refractivity contribution is 4.94. The Balaban J connectivity index is 2.12. The molecule has 1 fully saturated rings. The van der Waals surface area contributed by atoms with Crippen LogP contribution in [0.5, 0.6) is 0 Å². The maximum atomic E-state index is 5.10. The smallest absolute Gasteiger partial charge is 0.0468 e. The third-order valence-corrected chi connectivity index (χ3v) is 2.68. The lowest BCUT2D eigenvalue weighted by Gasteiger charge is -2.17. The van der Waals surface area contributed by atoms with E-state index < -0.39 is 0 Å². The van der Waals surface area contributed by atoms with E-state index >= 15 is 0 Å². The fraction of sp³-hybridized carbons (Fsp3) is 1.00. The maximum Gasteiger partial charge on any atom is 0.0468 e. The van der Waals surface area contributed by atoms with Gasteiger partial charge in [0, 0.05) is 26.3 Å². The van der Waals surface area contributed by atoms with Crippen LogP contribution in [0.1, 0.15) is 33.1 Å². The van der Waals surface area contributed by atoms with Gasteiger partial charge in [-0.3, -0.25) is 0 Å². The van der Waals surface area contributed by atoms with Crippen LogP contribution in [0.4, 0.5) is 0 Å². The van der Waals surface area contributed by atoms with Gasteiger partial charge in [0.1, 0.15) is 0 Å². The second-order valence-electron chi connectivity index (χ2n) is 4.28. The molecule has 2 heteroatoms. The molecule has 0 aromatic rings. The normalized spacial score (nSPS) is 20.0. The summed E-state index contributed by atoms with van der Waals surface area (Å²) in [6, 6.07) is 0.616. The zero-order chi connectivity index (χ0) is 9.03. The minimum absolute atomic E-state index is 0.598. The molecule has 0 aromatic carbocycles. The number of rotatable bonds is 6. The largest absolute Gasteiger partial charge is 0.385 e. The first-order chi connectivity index (χ1) is 5.68. The summed E-state index contributed by atoms with van der Waals surface area (Å²) in [4.78, 5) is 0. The Kier molecular flexibility index (Phi) is 3.53. The van der Waals surface area contributed by atoms with E-state index in [1.807, 2.05) is 0 Å². The molecular weight excluding hydrogens is 150 g/mol. The summed E-state index contributed by atoms with van der Waals surface area (Å²) < 4.78 is 5.10. The number of hydrogen-bond donors (Lipinski definition) is 1. The molecule has 0 bridgehead atoms. The number of methoxy groups -OCH3 is 1. The summed E-state index contributed by atoms with van der Waals surface area (Å²) in [5.41, 5.74) is 0.598. The van der Waals surface area contributed by atoms with Crippen LogP contribution in [-0.4, -0.2) is 26.3 Å². The van der Waals surface area contributed by atoms with Gasteiger partial charge in [-0.1, -0.05) is 13.8 Å². The highest BCUT2D eigenvalue weighted by Gasteiger charge is 2.41. The molecule has 0 heterocycles. The van der Waals surface area contributed by atoms with Gasteiger partial charge in [-0.25, -0.2) is 0 Å². The molecule has 72 valence electrons. The predicted octanol–water partition coefficient (Wildman–Crippen LogP) is 1.80. The summed E-state index contributed by atoms with van der Waals surface area (Å²) in [6.45, 7) is 6.49. The van der Waals surface area contributed by atoms with Gasteiger partial charge in [-0.05, 0) is 24.7 Å². The first-order valence-corrected chi connectivity index (χ1v) is 4.91. The average molecular weight is 171 g/mol. The quantitative estimate of drug-likeness (QED) is 0.658. The molecule has 1 aliphatic rings. The van der Waals surface area contributed by atoms with E-state index in [1.165, 1.54) is 25.8 Å². The summed E-state index contributed by atoms with van der Waals surface area (Å²) in [7, 11) is 1.78. The first-order valence-electron chi connectivity index (χ1n) is 4.91. The average Bonchev–Trinajstić information content (AvgIpc) is 2.79. The molecular formula is C10H21NO. The molecule has 1 aliphatic carbocycles. The maximum absolute atomic E-state index is 5.10.